The minimum Gasteiger partial charge on any atom is -0.479 e. The molecule has 2 aromatic rings. The van der Waals surface area contributed by atoms with E-state index in [1.807, 2.05) is 11.7 Å². The molecule has 0 amide bonds. The number of hydrogen-bond acceptors (Lipinski definition) is 2. The second-order valence-electron chi connectivity index (χ2n) is 3.15. The van der Waals surface area contributed by atoms with Crippen molar-refractivity contribution in [2.75, 3.05) is 7.11 Å². The molecule has 0 spiro atoms. The highest BCUT2D eigenvalue weighted by molar-refractivity contribution is 5.85. The highest BCUT2D eigenvalue weighted by atomic mass is 16.5. The quantitative estimate of drug-likeness (QED) is 0.663. The van der Waals surface area contributed by atoms with Crippen LogP contribution in [0.1, 0.15) is 5.56 Å². The molecule has 3 nitrogen and oxygen atoms in total. The van der Waals surface area contributed by atoms with E-state index in [1.165, 1.54) is 5.56 Å². The second-order valence-corrected chi connectivity index (χ2v) is 3.15. The van der Waals surface area contributed by atoms with Crippen LogP contribution >= 0.6 is 0 Å². The zero-order valence-corrected chi connectivity index (χ0v) is 8.03. The molecule has 0 fully saturated rings. The van der Waals surface area contributed by atoms with Gasteiger partial charge in [-0.15, -0.1) is 5.10 Å². The number of benzene rings is 1. The Morgan fingerprint density at radius 2 is 2.15 bits per heavy atom. The first-order chi connectivity index (χ1) is 6.22. The number of aryl methyl sites for hydroxylation is 2. The van der Waals surface area contributed by atoms with Gasteiger partial charge in [-0.3, -0.25) is 4.68 Å². The topological polar surface area (TPSA) is 27.1 Å². The van der Waals surface area contributed by atoms with Crippen molar-refractivity contribution in [2.45, 2.75) is 6.92 Å². The largest absolute Gasteiger partial charge is 0.479 e. The maximum absolute atomic E-state index is 5.17. The van der Waals surface area contributed by atoms with E-state index in [2.05, 4.69) is 30.2 Å². The molecule has 68 valence electrons. The first-order valence-corrected chi connectivity index (χ1v) is 4.19. The Bertz CT molecular complexity index is 445. The van der Waals surface area contributed by atoms with Crippen LogP contribution in [0.2, 0.25) is 0 Å². The van der Waals surface area contributed by atoms with Gasteiger partial charge in [-0.1, -0.05) is 11.6 Å². The maximum atomic E-state index is 5.17. The van der Waals surface area contributed by atoms with E-state index in [9.17, 15) is 0 Å². The smallest absolute Gasteiger partial charge is 0.240 e. The Labute approximate surface area is 76.9 Å². The molecule has 0 atom stereocenters. The van der Waals surface area contributed by atoms with Gasteiger partial charge in [0.1, 0.15) is 0 Å². The molecule has 2 rings (SSSR count). The summed E-state index contributed by atoms with van der Waals surface area (Å²) in [5.74, 6) is 0.696. The molecule has 3 heteroatoms. The number of fused-ring (bicyclic) bond motifs is 1. The summed E-state index contributed by atoms with van der Waals surface area (Å²) in [4.78, 5) is 0. The summed E-state index contributed by atoms with van der Waals surface area (Å²) in [6, 6.07) is 6.21. The molecule has 1 aromatic carbocycles. The highest BCUT2D eigenvalue weighted by Gasteiger charge is 2.07. The van der Waals surface area contributed by atoms with Gasteiger partial charge in [0.25, 0.3) is 0 Å². The summed E-state index contributed by atoms with van der Waals surface area (Å²) >= 11 is 0. The van der Waals surface area contributed by atoms with Crippen LogP contribution in [0.4, 0.5) is 0 Å². The van der Waals surface area contributed by atoms with E-state index in [-0.39, 0.29) is 0 Å². The number of ether oxygens (including phenoxy) is 1. The lowest BCUT2D eigenvalue weighted by molar-refractivity contribution is 0.396. The molecular formula is C10H12N2O. The molecule has 0 aliphatic heterocycles. The fraction of sp³-hybridized carbons (Fsp3) is 0.300. The number of methoxy groups -OCH3 is 1. The van der Waals surface area contributed by atoms with Crippen molar-refractivity contribution >= 4 is 10.9 Å². The zero-order chi connectivity index (χ0) is 9.42. The van der Waals surface area contributed by atoms with Crippen molar-refractivity contribution in [2.24, 2.45) is 7.05 Å². The van der Waals surface area contributed by atoms with Crippen LogP contribution in [0.25, 0.3) is 10.9 Å². The van der Waals surface area contributed by atoms with Crippen molar-refractivity contribution in [1.82, 2.24) is 9.78 Å². The van der Waals surface area contributed by atoms with Crippen molar-refractivity contribution < 1.29 is 4.74 Å². The number of nitrogens with zero attached hydrogens (tertiary/aromatic N) is 2. The lowest BCUT2D eigenvalue weighted by Gasteiger charge is -1.95. The van der Waals surface area contributed by atoms with Crippen molar-refractivity contribution in [1.29, 1.82) is 0 Å². The van der Waals surface area contributed by atoms with Crippen LogP contribution in [0.3, 0.4) is 0 Å². The molecular weight excluding hydrogens is 164 g/mol. The van der Waals surface area contributed by atoms with Gasteiger partial charge in [0.2, 0.25) is 5.88 Å². The van der Waals surface area contributed by atoms with Gasteiger partial charge in [-0.05, 0) is 19.1 Å². The molecule has 0 bridgehead atoms. The first kappa shape index (κ1) is 8.10. The van der Waals surface area contributed by atoms with Crippen LogP contribution < -0.4 is 4.74 Å². The van der Waals surface area contributed by atoms with E-state index in [0.717, 1.165) is 10.9 Å². The minimum atomic E-state index is 0.696. The monoisotopic (exact) mass is 176 g/mol. The van der Waals surface area contributed by atoms with Gasteiger partial charge >= 0.3 is 0 Å². The third kappa shape index (κ3) is 1.16. The van der Waals surface area contributed by atoms with Gasteiger partial charge in [0.05, 0.1) is 18.0 Å². The predicted octanol–water partition coefficient (Wildman–Crippen LogP) is 1.89. The predicted molar refractivity (Wildman–Crippen MR) is 52.0 cm³/mol. The summed E-state index contributed by atoms with van der Waals surface area (Å²) < 4.78 is 7.00. The molecule has 1 heterocycles. The molecule has 0 radical (unpaired) electrons. The second kappa shape index (κ2) is 2.76. The minimum absolute atomic E-state index is 0.696. The molecule has 0 saturated carbocycles. The number of rotatable bonds is 1. The Balaban J connectivity index is 2.81. The van der Waals surface area contributed by atoms with Gasteiger partial charge in [-0.25, -0.2) is 0 Å². The summed E-state index contributed by atoms with van der Waals surface area (Å²) in [7, 11) is 3.56. The summed E-state index contributed by atoms with van der Waals surface area (Å²) in [5, 5.41) is 5.32. The summed E-state index contributed by atoms with van der Waals surface area (Å²) in [6.45, 7) is 2.06. The van der Waals surface area contributed by atoms with Crippen molar-refractivity contribution in [3.63, 3.8) is 0 Å². The third-order valence-corrected chi connectivity index (χ3v) is 2.17. The van der Waals surface area contributed by atoms with Crippen molar-refractivity contribution in [3.05, 3.63) is 23.8 Å². The molecule has 0 N–H and O–H groups in total. The Morgan fingerprint density at radius 1 is 1.38 bits per heavy atom. The van der Waals surface area contributed by atoms with Crippen LogP contribution in [-0.4, -0.2) is 16.9 Å². The molecule has 0 aliphatic rings. The van der Waals surface area contributed by atoms with E-state index in [0.29, 0.717) is 5.88 Å². The van der Waals surface area contributed by atoms with Crippen LogP contribution in [0.5, 0.6) is 5.88 Å². The Morgan fingerprint density at radius 3 is 2.85 bits per heavy atom. The van der Waals surface area contributed by atoms with Crippen LogP contribution in [-0.2, 0) is 7.05 Å². The summed E-state index contributed by atoms with van der Waals surface area (Å²) in [6.07, 6.45) is 0. The van der Waals surface area contributed by atoms with Crippen LogP contribution in [0, 0.1) is 6.92 Å². The standard InChI is InChI=1S/C10H12N2O/c1-7-4-5-9-8(6-7)10(13-3)11-12(9)2/h4-6H,1-3H3. The number of aromatic nitrogens is 2. The number of hydrogen-bond donors (Lipinski definition) is 0. The third-order valence-electron chi connectivity index (χ3n) is 2.17. The normalized spacial score (nSPS) is 10.7. The fourth-order valence-electron chi connectivity index (χ4n) is 1.50. The average Bonchev–Trinajstić information content (AvgIpc) is 2.42. The molecule has 0 aliphatic carbocycles. The van der Waals surface area contributed by atoms with Gasteiger partial charge < -0.3 is 4.74 Å². The Kier molecular flexibility index (Phi) is 1.72. The molecule has 13 heavy (non-hydrogen) atoms. The SMILES string of the molecule is COc1nn(C)c2ccc(C)cc12. The van der Waals surface area contributed by atoms with E-state index >= 15 is 0 Å². The van der Waals surface area contributed by atoms with Gasteiger partial charge in [0.15, 0.2) is 0 Å². The molecule has 0 saturated heterocycles. The first-order valence-electron chi connectivity index (χ1n) is 4.19. The van der Waals surface area contributed by atoms with Gasteiger partial charge in [0, 0.05) is 7.05 Å². The summed E-state index contributed by atoms with van der Waals surface area (Å²) in [5.41, 5.74) is 2.32. The average molecular weight is 176 g/mol. The van der Waals surface area contributed by atoms with Gasteiger partial charge in [-0.2, -0.15) is 0 Å². The zero-order valence-electron chi connectivity index (χ0n) is 8.03. The lowest BCUT2D eigenvalue weighted by atomic mass is 10.2. The van der Waals surface area contributed by atoms with E-state index in [1.54, 1.807) is 7.11 Å². The molecule has 0 unspecified atom stereocenters. The highest BCUT2D eigenvalue weighted by Crippen LogP contribution is 2.24. The molecule has 1 aromatic heterocycles. The Hall–Kier alpha value is -1.51. The van der Waals surface area contributed by atoms with Crippen molar-refractivity contribution in [3.8, 4) is 5.88 Å². The maximum Gasteiger partial charge on any atom is 0.240 e. The lowest BCUT2D eigenvalue weighted by Crippen LogP contribution is -1.90. The van der Waals surface area contributed by atoms with Crippen LogP contribution in [0.15, 0.2) is 18.2 Å². The van der Waals surface area contributed by atoms with E-state index < -0.39 is 0 Å². The van der Waals surface area contributed by atoms with E-state index in [4.69, 9.17) is 4.74 Å². The fourth-order valence-corrected chi connectivity index (χ4v) is 1.50.